The van der Waals surface area contributed by atoms with E-state index in [4.69, 9.17) is 11.6 Å². The first-order valence-electron chi connectivity index (χ1n) is 7.72. The summed E-state index contributed by atoms with van der Waals surface area (Å²) < 4.78 is 2.05. The van der Waals surface area contributed by atoms with E-state index in [1.807, 2.05) is 0 Å². The molecule has 2 aromatic rings. The van der Waals surface area contributed by atoms with Crippen LogP contribution in [0.15, 0.2) is 17.5 Å². The summed E-state index contributed by atoms with van der Waals surface area (Å²) in [5, 5.41) is 11.2. The van der Waals surface area contributed by atoms with Gasteiger partial charge < -0.3 is 5.32 Å². The van der Waals surface area contributed by atoms with Crippen LogP contribution in [-0.4, -0.2) is 16.3 Å². The Morgan fingerprint density at radius 2 is 2.19 bits per heavy atom. The van der Waals surface area contributed by atoms with Crippen molar-refractivity contribution < 1.29 is 0 Å². The van der Waals surface area contributed by atoms with Gasteiger partial charge in [0.05, 0.1) is 16.4 Å². The average Bonchev–Trinajstić information content (AvgIpc) is 3.12. The highest BCUT2D eigenvalue weighted by Gasteiger charge is 2.20. The quantitative estimate of drug-likeness (QED) is 0.776. The summed E-state index contributed by atoms with van der Waals surface area (Å²) >= 11 is 8.34. The van der Waals surface area contributed by atoms with Crippen LogP contribution in [0.25, 0.3) is 0 Å². The molecule has 0 aromatic carbocycles. The van der Waals surface area contributed by atoms with E-state index in [0.29, 0.717) is 6.04 Å². The Bertz CT molecular complexity index is 548. The predicted molar refractivity (Wildman–Crippen MR) is 91.3 cm³/mol. The summed E-state index contributed by atoms with van der Waals surface area (Å²) in [6.45, 7) is 8.29. The van der Waals surface area contributed by atoms with Gasteiger partial charge in [0.15, 0.2) is 0 Å². The first-order valence-corrected chi connectivity index (χ1v) is 8.97. The van der Waals surface area contributed by atoms with Crippen LogP contribution in [0.2, 0.25) is 5.02 Å². The molecule has 0 fully saturated rings. The standard InChI is InChI=1S/C16H24ClN3S/c1-4-9-18-13(15-8-7-10-21-15)11-14-16(17)12(5-2)19-20(14)6-3/h7-8,10,13,18H,4-6,9,11H2,1-3H3. The molecule has 2 aromatic heterocycles. The lowest BCUT2D eigenvalue weighted by Crippen LogP contribution is -2.24. The first-order chi connectivity index (χ1) is 10.2. The molecule has 0 aliphatic rings. The molecular formula is C16H24ClN3S. The third kappa shape index (κ3) is 3.87. The zero-order valence-electron chi connectivity index (χ0n) is 13.0. The van der Waals surface area contributed by atoms with Crippen molar-refractivity contribution in [2.75, 3.05) is 6.54 Å². The van der Waals surface area contributed by atoms with Gasteiger partial charge in [-0.2, -0.15) is 5.10 Å². The highest BCUT2D eigenvalue weighted by molar-refractivity contribution is 7.10. The summed E-state index contributed by atoms with van der Waals surface area (Å²) in [5.41, 5.74) is 2.16. The Hall–Kier alpha value is -0.840. The molecule has 0 saturated heterocycles. The number of halogens is 1. The van der Waals surface area contributed by atoms with Crippen LogP contribution in [-0.2, 0) is 19.4 Å². The number of aryl methyl sites for hydroxylation is 2. The van der Waals surface area contributed by atoms with Gasteiger partial charge in [-0.25, -0.2) is 0 Å². The summed E-state index contributed by atoms with van der Waals surface area (Å²) in [6, 6.07) is 4.62. The van der Waals surface area contributed by atoms with Crippen LogP contribution in [0.4, 0.5) is 0 Å². The smallest absolute Gasteiger partial charge is 0.0850 e. The van der Waals surface area contributed by atoms with Gasteiger partial charge in [0.1, 0.15) is 0 Å². The molecule has 1 unspecified atom stereocenters. The number of nitrogens with one attached hydrogen (secondary N) is 1. The molecule has 21 heavy (non-hydrogen) atoms. The second kappa shape index (κ2) is 7.97. The van der Waals surface area contributed by atoms with Crippen LogP contribution < -0.4 is 5.32 Å². The van der Waals surface area contributed by atoms with Gasteiger partial charge in [-0.3, -0.25) is 4.68 Å². The minimum Gasteiger partial charge on any atom is -0.309 e. The fourth-order valence-electron chi connectivity index (χ4n) is 2.49. The monoisotopic (exact) mass is 325 g/mol. The Kier molecular flexibility index (Phi) is 6.27. The lowest BCUT2D eigenvalue weighted by molar-refractivity contribution is 0.508. The van der Waals surface area contributed by atoms with Crippen molar-refractivity contribution in [2.45, 2.75) is 52.6 Å². The van der Waals surface area contributed by atoms with Crippen molar-refractivity contribution in [3.8, 4) is 0 Å². The third-order valence-electron chi connectivity index (χ3n) is 3.62. The van der Waals surface area contributed by atoms with Crippen molar-refractivity contribution in [3.05, 3.63) is 38.8 Å². The lowest BCUT2D eigenvalue weighted by atomic mass is 10.1. The van der Waals surface area contributed by atoms with Crippen LogP contribution >= 0.6 is 22.9 Å². The Balaban J connectivity index is 2.25. The highest BCUT2D eigenvalue weighted by Crippen LogP contribution is 2.28. The van der Waals surface area contributed by atoms with Crippen molar-refractivity contribution >= 4 is 22.9 Å². The molecule has 0 bridgehead atoms. The average molecular weight is 326 g/mol. The van der Waals surface area contributed by atoms with E-state index in [9.17, 15) is 0 Å². The topological polar surface area (TPSA) is 29.9 Å². The first kappa shape index (κ1) is 16.5. The second-order valence-electron chi connectivity index (χ2n) is 5.10. The summed E-state index contributed by atoms with van der Waals surface area (Å²) in [5.74, 6) is 0. The van der Waals surface area contributed by atoms with Crippen molar-refractivity contribution in [3.63, 3.8) is 0 Å². The molecule has 2 rings (SSSR count). The van der Waals surface area contributed by atoms with E-state index in [1.54, 1.807) is 11.3 Å². The maximum atomic E-state index is 6.54. The number of hydrogen-bond acceptors (Lipinski definition) is 3. The summed E-state index contributed by atoms with van der Waals surface area (Å²) in [7, 11) is 0. The highest BCUT2D eigenvalue weighted by atomic mass is 35.5. The van der Waals surface area contributed by atoms with Crippen molar-refractivity contribution in [1.29, 1.82) is 0 Å². The molecule has 1 N–H and O–H groups in total. The third-order valence-corrected chi connectivity index (χ3v) is 5.04. The zero-order valence-corrected chi connectivity index (χ0v) is 14.6. The summed E-state index contributed by atoms with van der Waals surface area (Å²) in [4.78, 5) is 1.36. The maximum Gasteiger partial charge on any atom is 0.0850 e. The summed E-state index contributed by atoms with van der Waals surface area (Å²) in [6.07, 6.45) is 2.90. The molecule has 0 spiro atoms. The van der Waals surface area contributed by atoms with Gasteiger partial charge in [-0.1, -0.05) is 31.5 Å². The molecular weight excluding hydrogens is 302 g/mol. The Morgan fingerprint density at radius 1 is 1.38 bits per heavy atom. The molecule has 3 nitrogen and oxygen atoms in total. The van der Waals surface area contributed by atoms with Crippen molar-refractivity contribution in [2.24, 2.45) is 0 Å². The number of aromatic nitrogens is 2. The van der Waals surface area contributed by atoms with Gasteiger partial charge in [0.2, 0.25) is 0 Å². The predicted octanol–water partition coefficient (Wildman–Crippen LogP) is 4.46. The van der Waals surface area contributed by atoms with E-state index in [0.717, 1.165) is 48.8 Å². The van der Waals surface area contributed by atoms with Crippen molar-refractivity contribution in [1.82, 2.24) is 15.1 Å². The number of hydrogen-bond donors (Lipinski definition) is 1. The van der Waals surface area contributed by atoms with E-state index in [2.05, 4.69) is 53.4 Å². The number of thiophene rings is 1. The normalized spacial score (nSPS) is 12.8. The van der Waals surface area contributed by atoms with Gasteiger partial charge in [0, 0.05) is 23.9 Å². The van der Waals surface area contributed by atoms with E-state index < -0.39 is 0 Å². The molecule has 0 aliphatic carbocycles. The van der Waals surface area contributed by atoms with Gasteiger partial charge in [-0.05, 0) is 37.8 Å². The van der Waals surface area contributed by atoms with E-state index in [1.165, 1.54) is 4.88 Å². The minimum absolute atomic E-state index is 0.314. The van der Waals surface area contributed by atoms with Crippen LogP contribution in [0, 0.1) is 0 Å². The lowest BCUT2D eigenvalue weighted by Gasteiger charge is -2.18. The largest absolute Gasteiger partial charge is 0.309 e. The molecule has 0 amide bonds. The molecule has 0 aliphatic heterocycles. The van der Waals surface area contributed by atoms with Gasteiger partial charge in [0.25, 0.3) is 0 Å². The molecule has 0 radical (unpaired) electrons. The molecule has 5 heteroatoms. The zero-order chi connectivity index (χ0) is 15.2. The molecule has 0 saturated carbocycles. The minimum atomic E-state index is 0.314. The van der Waals surface area contributed by atoms with Crippen LogP contribution in [0.1, 0.15) is 49.5 Å². The molecule has 2 heterocycles. The van der Waals surface area contributed by atoms with Gasteiger partial charge >= 0.3 is 0 Å². The fraction of sp³-hybridized carbons (Fsp3) is 0.562. The number of rotatable bonds is 8. The van der Waals surface area contributed by atoms with Crippen LogP contribution in [0.3, 0.4) is 0 Å². The van der Waals surface area contributed by atoms with E-state index >= 15 is 0 Å². The van der Waals surface area contributed by atoms with Crippen LogP contribution in [0.5, 0.6) is 0 Å². The molecule has 1 atom stereocenters. The second-order valence-corrected chi connectivity index (χ2v) is 6.46. The molecule has 116 valence electrons. The maximum absolute atomic E-state index is 6.54. The fourth-order valence-corrected chi connectivity index (χ4v) is 3.64. The Labute approximate surface area is 136 Å². The number of nitrogens with zero attached hydrogens (tertiary/aromatic N) is 2. The Morgan fingerprint density at radius 3 is 2.76 bits per heavy atom. The SMILES string of the molecule is CCCNC(Cc1c(Cl)c(CC)nn1CC)c1cccs1. The van der Waals surface area contributed by atoms with Gasteiger partial charge in [-0.15, -0.1) is 11.3 Å². The van der Waals surface area contributed by atoms with E-state index in [-0.39, 0.29) is 0 Å².